The number of hydrogen-bond acceptors (Lipinski definition) is 6. The van der Waals surface area contributed by atoms with Crippen LogP contribution in [-0.4, -0.2) is 55.9 Å². The van der Waals surface area contributed by atoms with E-state index in [-0.39, 0.29) is 10.7 Å². The third kappa shape index (κ3) is 2.71. The van der Waals surface area contributed by atoms with Crippen molar-refractivity contribution in [3.63, 3.8) is 0 Å². The molecule has 140 valence electrons. The molecular formula is C17H19NO7S. The van der Waals surface area contributed by atoms with Gasteiger partial charge in [-0.15, -0.1) is 0 Å². The summed E-state index contributed by atoms with van der Waals surface area (Å²) >= 11 is 0. The van der Waals surface area contributed by atoms with Crippen LogP contribution in [0.3, 0.4) is 0 Å². The van der Waals surface area contributed by atoms with E-state index in [0.717, 1.165) is 0 Å². The third-order valence-corrected chi connectivity index (χ3v) is 6.93. The zero-order chi connectivity index (χ0) is 18.5. The third-order valence-electron chi connectivity index (χ3n) is 5.04. The maximum atomic E-state index is 13.0. The van der Waals surface area contributed by atoms with Crippen LogP contribution >= 0.6 is 0 Å². The van der Waals surface area contributed by atoms with Crippen LogP contribution in [-0.2, 0) is 19.5 Å². The summed E-state index contributed by atoms with van der Waals surface area (Å²) in [5.74, 6) is -2.00. The maximum Gasteiger partial charge on any atom is 0.372 e. The molecule has 1 aromatic heterocycles. The summed E-state index contributed by atoms with van der Waals surface area (Å²) < 4.78 is 43.9. The van der Waals surface area contributed by atoms with Crippen LogP contribution in [0, 0.1) is 6.92 Å². The van der Waals surface area contributed by atoms with Crippen molar-refractivity contribution < 1.29 is 32.2 Å². The normalized spacial score (nSPS) is 20.8. The molecule has 0 amide bonds. The van der Waals surface area contributed by atoms with E-state index in [0.29, 0.717) is 55.7 Å². The second-order valence-corrected chi connectivity index (χ2v) is 8.47. The number of nitrogens with zero attached hydrogens (tertiary/aromatic N) is 1. The van der Waals surface area contributed by atoms with E-state index in [1.807, 2.05) is 0 Å². The molecule has 2 fully saturated rings. The highest BCUT2D eigenvalue weighted by atomic mass is 32.2. The minimum absolute atomic E-state index is 0.120. The number of carbonyl (C=O) groups is 1. The van der Waals surface area contributed by atoms with Gasteiger partial charge in [-0.2, -0.15) is 4.31 Å². The van der Waals surface area contributed by atoms with Gasteiger partial charge in [0, 0.05) is 36.9 Å². The number of carboxylic acids is 1. The first kappa shape index (κ1) is 17.5. The summed E-state index contributed by atoms with van der Waals surface area (Å²) in [5.41, 5.74) is 0.763. The predicted molar refractivity (Wildman–Crippen MR) is 90.5 cm³/mol. The zero-order valence-corrected chi connectivity index (χ0v) is 15.0. The summed E-state index contributed by atoms with van der Waals surface area (Å²) in [4.78, 5) is 11.3. The van der Waals surface area contributed by atoms with Gasteiger partial charge in [0.25, 0.3) is 0 Å². The van der Waals surface area contributed by atoms with Gasteiger partial charge in [0.2, 0.25) is 15.8 Å². The molecule has 0 atom stereocenters. The van der Waals surface area contributed by atoms with Crippen molar-refractivity contribution in [3.05, 3.63) is 29.5 Å². The molecule has 0 bridgehead atoms. The van der Waals surface area contributed by atoms with Crippen LogP contribution in [0.1, 0.15) is 29.0 Å². The Labute approximate surface area is 150 Å². The van der Waals surface area contributed by atoms with Gasteiger partial charge < -0.3 is 19.0 Å². The van der Waals surface area contributed by atoms with E-state index in [9.17, 15) is 13.2 Å². The topological polar surface area (TPSA) is 106 Å². The molecule has 1 N–H and O–H groups in total. The minimum Gasteiger partial charge on any atom is -0.475 e. The molecule has 0 radical (unpaired) electrons. The largest absolute Gasteiger partial charge is 0.475 e. The second kappa shape index (κ2) is 6.05. The van der Waals surface area contributed by atoms with Crippen molar-refractivity contribution in [2.75, 3.05) is 26.3 Å². The van der Waals surface area contributed by atoms with Gasteiger partial charge in [0.1, 0.15) is 5.58 Å². The van der Waals surface area contributed by atoms with Gasteiger partial charge in [-0.3, -0.25) is 0 Å². The lowest BCUT2D eigenvalue weighted by atomic mass is 10.1. The van der Waals surface area contributed by atoms with Gasteiger partial charge in [-0.05, 0) is 25.1 Å². The van der Waals surface area contributed by atoms with E-state index in [1.54, 1.807) is 6.92 Å². The Balaban J connectivity index is 1.63. The smallest absolute Gasteiger partial charge is 0.372 e. The molecule has 2 aliphatic heterocycles. The van der Waals surface area contributed by atoms with E-state index in [1.165, 1.54) is 22.5 Å². The van der Waals surface area contributed by atoms with Crippen molar-refractivity contribution in [1.82, 2.24) is 4.31 Å². The van der Waals surface area contributed by atoms with Crippen LogP contribution in [0.5, 0.6) is 0 Å². The van der Waals surface area contributed by atoms with Crippen molar-refractivity contribution in [1.29, 1.82) is 0 Å². The quantitative estimate of drug-likeness (QED) is 0.866. The average Bonchev–Trinajstić information content (AvgIpc) is 3.20. The number of rotatable bonds is 3. The Morgan fingerprint density at radius 2 is 1.85 bits per heavy atom. The first-order valence-corrected chi connectivity index (χ1v) is 9.81. The molecule has 2 aliphatic rings. The predicted octanol–water partition coefficient (Wildman–Crippen LogP) is 1.97. The lowest BCUT2D eigenvalue weighted by Gasteiger charge is -2.36. The average molecular weight is 381 g/mol. The van der Waals surface area contributed by atoms with Crippen molar-refractivity contribution >= 4 is 27.0 Å². The number of sulfonamides is 1. The molecule has 0 saturated carbocycles. The minimum atomic E-state index is -3.69. The molecule has 4 rings (SSSR count). The van der Waals surface area contributed by atoms with E-state index < -0.39 is 21.8 Å². The molecule has 0 unspecified atom stereocenters. The molecule has 2 aromatic rings. The molecule has 8 nitrogen and oxygen atoms in total. The van der Waals surface area contributed by atoms with E-state index >= 15 is 0 Å². The number of carboxylic acid groups (broad SMARTS) is 1. The van der Waals surface area contributed by atoms with Crippen LogP contribution in [0.4, 0.5) is 0 Å². The summed E-state index contributed by atoms with van der Waals surface area (Å²) in [6, 6.07) is 4.42. The number of furan rings is 1. The monoisotopic (exact) mass is 381 g/mol. The second-order valence-electron chi connectivity index (χ2n) is 6.53. The number of aromatic carboxylic acids is 1. The molecular weight excluding hydrogens is 362 g/mol. The van der Waals surface area contributed by atoms with E-state index in [4.69, 9.17) is 19.0 Å². The zero-order valence-electron chi connectivity index (χ0n) is 14.2. The highest BCUT2D eigenvalue weighted by Crippen LogP contribution is 2.34. The summed E-state index contributed by atoms with van der Waals surface area (Å²) in [6.45, 7) is 3.30. The Bertz CT molecular complexity index is 962. The molecule has 9 heteroatoms. The SMILES string of the molecule is Cc1c(C(=O)O)oc2ccc(S(=O)(=O)N3CCC4(CC3)OCCO4)cc12. The first-order valence-electron chi connectivity index (χ1n) is 8.37. The van der Waals surface area contributed by atoms with Crippen molar-refractivity contribution in [2.24, 2.45) is 0 Å². The van der Waals surface area contributed by atoms with Gasteiger partial charge in [-0.25, -0.2) is 13.2 Å². The molecule has 2 saturated heterocycles. The Morgan fingerprint density at radius 3 is 2.46 bits per heavy atom. The Hall–Kier alpha value is -1.94. The molecule has 3 heterocycles. The maximum absolute atomic E-state index is 13.0. The highest BCUT2D eigenvalue weighted by Gasteiger charge is 2.42. The lowest BCUT2D eigenvalue weighted by Crippen LogP contribution is -2.47. The fraction of sp³-hybridized carbons (Fsp3) is 0.471. The molecule has 1 aromatic carbocycles. The lowest BCUT2D eigenvalue weighted by molar-refractivity contribution is -0.179. The summed E-state index contributed by atoms with van der Waals surface area (Å²) in [6.07, 6.45) is 0.977. The first-order chi connectivity index (χ1) is 12.3. The van der Waals surface area contributed by atoms with Crippen LogP contribution in [0.15, 0.2) is 27.5 Å². The molecule has 1 spiro atoms. The number of benzene rings is 1. The highest BCUT2D eigenvalue weighted by molar-refractivity contribution is 7.89. The number of hydrogen-bond donors (Lipinski definition) is 1. The van der Waals surface area contributed by atoms with Gasteiger partial charge in [0.05, 0.1) is 18.1 Å². The fourth-order valence-corrected chi connectivity index (χ4v) is 5.03. The molecule has 26 heavy (non-hydrogen) atoms. The number of aryl methyl sites for hydroxylation is 1. The summed E-state index contributed by atoms with van der Waals surface area (Å²) in [7, 11) is -3.69. The van der Waals surface area contributed by atoms with Gasteiger partial charge in [0.15, 0.2) is 5.79 Å². The van der Waals surface area contributed by atoms with E-state index in [2.05, 4.69) is 0 Å². The Kier molecular flexibility index (Phi) is 4.07. The fourth-order valence-electron chi connectivity index (χ4n) is 3.57. The number of fused-ring (bicyclic) bond motifs is 1. The number of ether oxygens (including phenoxy) is 2. The standard InChI is InChI=1S/C17H19NO7S/c1-11-13-10-12(2-3-14(13)25-15(11)16(19)20)26(21,22)18-6-4-17(5-7-18)23-8-9-24-17/h2-3,10H,4-9H2,1H3,(H,19,20). The van der Waals surface area contributed by atoms with Crippen LogP contribution in [0.2, 0.25) is 0 Å². The van der Waals surface area contributed by atoms with Crippen LogP contribution < -0.4 is 0 Å². The van der Waals surface area contributed by atoms with Crippen molar-refractivity contribution in [3.8, 4) is 0 Å². The number of piperidine rings is 1. The van der Waals surface area contributed by atoms with Gasteiger partial charge >= 0.3 is 5.97 Å². The Morgan fingerprint density at radius 1 is 1.19 bits per heavy atom. The summed E-state index contributed by atoms with van der Waals surface area (Å²) in [5, 5.41) is 9.64. The molecule has 0 aliphatic carbocycles. The van der Waals surface area contributed by atoms with Crippen molar-refractivity contribution in [2.45, 2.75) is 30.4 Å². The van der Waals surface area contributed by atoms with Gasteiger partial charge in [-0.1, -0.05) is 0 Å². The van der Waals surface area contributed by atoms with Crippen LogP contribution in [0.25, 0.3) is 11.0 Å².